The van der Waals surface area contributed by atoms with E-state index in [-0.39, 0.29) is 17.8 Å². The van der Waals surface area contributed by atoms with E-state index >= 15 is 0 Å². The molecule has 0 bridgehead atoms. The zero-order valence-corrected chi connectivity index (χ0v) is 10.8. The number of hydrogen-bond donors (Lipinski definition) is 1. The minimum absolute atomic E-state index is 0.0190. The van der Waals surface area contributed by atoms with Gasteiger partial charge in [0.05, 0.1) is 5.56 Å². The van der Waals surface area contributed by atoms with Crippen molar-refractivity contribution in [1.82, 2.24) is 4.98 Å². The van der Waals surface area contributed by atoms with Gasteiger partial charge in [-0.3, -0.25) is 0 Å². The van der Waals surface area contributed by atoms with Gasteiger partial charge in [-0.25, -0.2) is 0 Å². The second kappa shape index (κ2) is 5.67. The fourth-order valence-electron chi connectivity index (χ4n) is 2.21. The maximum absolute atomic E-state index is 12.8. The second-order valence-corrected chi connectivity index (χ2v) is 4.70. The third-order valence-corrected chi connectivity index (χ3v) is 3.22. The van der Waals surface area contributed by atoms with Crippen LogP contribution in [-0.2, 0) is 6.18 Å². The van der Waals surface area contributed by atoms with E-state index in [1.54, 1.807) is 0 Å². The van der Waals surface area contributed by atoms with Crippen molar-refractivity contribution in [1.29, 1.82) is 0 Å². The standard InChI is InChI=1S/C13H17F3N2O/c1-17-11-7-9(13(14,15)16)8-12(18-11)19-10-5-3-2-4-6-10/h7-8,10H,2-6H2,1H3,(H,17,18). The van der Waals surface area contributed by atoms with Gasteiger partial charge in [0.15, 0.2) is 0 Å². The zero-order chi connectivity index (χ0) is 13.9. The summed E-state index contributed by atoms with van der Waals surface area (Å²) in [4.78, 5) is 4.03. The predicted molar refractivity (Wildman–Crippen MR) is 66.3 cm³/mol. The van der Waals surface area contributed by atoms with Crippen LogP contribution >= 0.6 is 0 Å². The third-order valence-electron chi connectivity index (χ3n) is 3.22. The summed E-state index contributed by atoms with van der Waals surface area (Å²) in [5.41, 5.74) is -0.738. The van der Waals surface area contributed by atoms with Crippen LogP contribution in [0.2, 0.25) is 0 Å². The highest BCUT2D eigenvalue weighted by Gasteiger charge is 2.32. The molecule has 0 saturated heterocycles. The Balaban J connectivity index is 2.19. The first kappa shape index (κ1) is 14.0. The molecule has 0 atom stereocenters. The Hall–Kier alpha value is -1.46. The number of nitrogens with zero attached hydrogens (tertiary/aromatic N) is 1. The lowest BCUT2D eigenvalue weighted by atomic mass is 9.98. The van der Waals surface area contributed by atoms with Crippen LogP contribution in [0, 0.1) is 0 Å². The van der Waals surface area contributed by atoms with Crippen LogP contribution in [0.25, 0.3) is 0 Å². The highest BCUT2D eigenvalue weighted by atomic mass is 19.4. The molecule has 1 aromatic heterocycles. The smallest absolute Gasteiger partial charge is 0.416 e. The lowest BCUT2D eigenvalue weighted by molar-refractivity contribution is -0.137. The van der Waals surface area contributed by atoms with Gasteiger partial charge in [-0.15, -0.1) is 0 Å². The average molecular weight is 274 g/mol. The number of rotatable bonds is 3. The first-order valence-corrected chi connectivity index (χ1v) is 6.43. The lowest BCUT2D eigenvalue weighted by Gasteiger charge is -2.23. The Kier molecular flexibility index (Phi) is 4.17. The summed E-state index contributed by atoms with van der Waals surface area (Å²) in [6, 6.07) is 1.95. The Morgan fingerprint density at radius 3 is 2.47 bits per heavy atom. The molecule has 1 saturated carbocycles. The molecule has 1 aliphatic carbocycles. The molecule has 0 unspecified atom stereocenters. The van der Waals surface area contributed by atoms with Crippen LogP contribution in [-0.4, -0.2) is 18.1 Å². The van der Waals surface area contributed by atoms with Crippen LogP contribution in [0.5, 0.6) is 5.88 Å². The van der Waals surface area contributed by atoms with Gasteiger partial charge in [0.25, 0.3) is 0 Å². The van der Waals surface area contributed by atoms with Crippen molar-refractivity contribution in [3.8, 4) is 5.88 Å². The van der Waals surface area contributed by atoms with E-state index in [0.29, 0.717) is 0 Å². The lowest BCUT2D eigenvalue weighted by Crippen LogP contribution is -2.20. The van der Waals surface area contributed by atoms with E-state index in [1.165, 1.54) is 7.05 Å². The van der Waals surface area contributed by atoms with Crippen molar-refractivity contribution in [3.05, 3.63) is 17.7 Å². The van der Waals surface area contributed by atoms with Crippen molar-refractivity contribution in [2.24, 2.45) is 0 Å². The molecule has 6 heteroatoms. The molecule has 106 valence electrons. The maximum atomic E-state index is 12.8. The van der Waals surface area contributed by atoms with Gasteiger partial charge in [-0.2, -0.15) is 18.2 Å². The topological polar surface area (TPSA) is 34.1 Å². The molecule has 0 radical (unpaired) electrons. The molecule has 19 heavy (non-hydrogen) atoms. The number of pyridine rings is 1. The summed E-state index contributed by atoms with van der Waals surface area (Å²) in [5.74, 6) is 0.215. The first-order valence-electron chi connectivity index (χ1n) is 6.43. The highest BCUT2D eigenvalue weighted by Crippen LogP contribution is 2.33. The maximum Gasteiger partial charge on any atom is 0.416 e. The van der Waals surface area contributed by atoms with Crippen LogP contribution in [0.4, 0.5) is 19.0 Å². The summed E-state index contributed by atoms with van der Waals surface area (Å²) in [7, 11) is 1.53. The molecule has 1 heterocycles. The van der Waals surface area contributed by atoms with E-state index < -0.39 is 11.7 Å². The molecule has 2 rings (SSSR count). The van der Waals surface area contributed by atoms with Gasteiger partial charge in [0.2, 0.25) is 5.88 Å². The number of halogens is 3. The Morgan fingerprint density at radius 2 is 1.89 bits per heavy atom. The predicted octanol–water partition coefficient (Wildman–Crippen LogP) is 3.85. The van der Waals surface area contributed by atoms with E-state index in [1.807, 2.05) is 0 Å². The van der Waals surface area contributed by atoms with E-state index in [2.05, 4.69) is 10.3 Å². The molecule has 1 aromatic rings. The molecular weight excluding hydrogens is 257 g/mol. The number of alkyl halides is 3. The molecule has 0 aromatic carbocycles. The molecule has 0 amide bonds. The third kappa shape index (κ3) is 3.75. The fourth-order valence-corrected chi connectivity index (χ4v) is 2.21. The first-order chi connectivity index (χ1) is 8.99. The molecule has 1 aliphatic rings. The number of hydrogen-bond acceptors (Lipinski definition) is 3. The quantitative estimate of drug-likeness (QED) is 0.909. The van der Waals surface area contributed by atoms with Gasteiger partial charge in [0.1, 0.15) is 11.9 Å². The van der Waals surface area contributed by atoms with Gasteiger partial charge < -0.3 is 10.1 Å². The largest absolute Gasteiger partial charge is 0.474 e. The summed E-state index contributed by atoms with van der Waals surface area (Å²) in [5, 5.41) is 2.63. The second-order valence-electron chi connectivity index (χ2n) is 4.70. The molecule has 0 spiro atoms. The SMILES string of the molecule is CNc1cc(C(F)(F)F)cc(OC2CCCCC2)n1. The summed E-state index contributed by atoms with van der Waals surface area (Å²) in [6.07, 6.45) is 0.635. The Bertz CT molecular complexity index is 428. The van der Waals surface area contributed by atoms with Crippen molar-refractivity contribution < 1.29 is 17.9 Å². The molecule has 1 fully saturated rings. The van der Waals surface area contributed by atoms with Crippen LogP contribution in [0.15, 0.2) is 12.1 Å². The normalized spacial score (nSPS) is 17.3. The molecule has 3 nitrogen and oxygen atoms in total. The average Bonchev–Trinajstić information content (AvgIpc) is 2.38. The van der Waals surface area contributed by atoms with E-state index in [4.69, 9.17) is 4.74 Å². The minimum Gasteiger partial charge on any atom is -0.474 e. The van der Waals surface area contributed by atoms with Gasteiger partial charge in [-0.1, -0.05) is 6.42 Å². The van der Waals surface area contributed by atoms with Crippen molar-refractivity contribution >= 4 is 5.82 Å². The number of nitrogens with one attached hydrogen (secondary N) is 1. The van der Waals surface area contributed by atoms with Gasteiger partial charge in [0, 0.05) is 13.1 Å². The number of anilines is 1. The van der Waals surface area contributed by atoms with Crippen molar-refractivity contribution in [2.45, 2.75) is 44.4 Å². The summed E-state index contributed by atoms with van der Waals surface area (Å²) >= 11 is 0. The van der Waals surface area contributed by atoms with Crippen LogP contribution in [0.3, 0.4) is 0 Å². The Morgan fingerprint density at radius 1 is 1.21 bits per heavy atom. The zero-order valence-electron chi connectivity index (χ0n) is 10.8. The van der Waals surface area contributed by atoms with Gasteiger partial charge in [-0.05, 0) is 31.7 Å². The van der Waals surface area contributed by atoms with Crippen LogP contribution < -0.4 is 10.1 Å². The number of ether oxygens (including phenoxy) is 1. The number of aromatic nitrogens is 1. The molecular formula is C13H17F3N2O. The van der Waals surface area contributed by atoms with Crippen molar-refractivity contribution in [2.75, 3.05) is 12.4 Å². The minimum atomic E-state index is -4.39. The summed E-state index contributed by atoms with van der Waals surface area (Å²) in [6.45, 7) is 0. The highest BCUT2D eigenvalue weighted by molar-refractivity contribution is 5.42. The summed E-state index contributed by atoms with van der Waals surface area (Å²) < 4.78 is 43.8. The molecule has 1 N–H and O–H groups in total. The van der Waals surface area contributed by atoms with Crippen molar-refractivity contribution in [3.63, 3.8) is 0 Å². The Labute approximate surface area is 110 Å². The van der Waals surface area contributed by atoms with Crippen LogP contribution in [0.1, 0.15) is 37.7 Å². The van der Waals surface area contributed by atoms with E-state index in [0.717, 1.165) is 44.2 Å². The van der Waals surface area contributed by atoms with E-state index in [9.17, 15) is 13.2 Å². The molecule has 0 aliphatic heterocycles. The van der Waals surface area contributed by atoms with Gasteiger partial charge >= 0.3 is 6.18 Å². The monoisotopic (exact) mass is 274 g/mol. The fraction of sp³-hybridized carbons (Fsp3) is 0.615.